The van der Waals surface area contributed by atoms with Gasteiger partial charge in [-0.3, -0.25) is 14.3 Å². The second-order valence-electron chi connectivity index (χ2n) is 8.31. The van der Waals surface area contributed by atoms with Gasteiger partial charge in [-0.15, -0.1) is 0 Å². The smallest absolute Gasteiger partial charge is 0.261 e. The highest BCUT2D eigenvalue weighted by atomic mass is 35.5. The number of benzene rings is 1. The van der Waals surface area contributed by atoms with Gasteiger partial charge in [0.25, 0.3) is 5.56 Å². The van der Waals surface area contributed by atoms with Gasteiger partial charge in [-0.25, -0.2) is 9.37 Å². The van der Waals surface area contributed by atoms with E-state index in [1.54, 1.807) is 29.0 Å². The van der Waals surface area contributed by atoms with E-state index in [9.17, 15) is 9.18 Å². The van der Waals surface area contributed by atoms with Crippen molar-refractivity contribution in [3.05, 3.63) is 81.5 Å². The molecule has 0 unspecified atom stereocenters. The van der Waals surface area contributed by atoms with Crippen LogP contribution in [0, 0.1) is 12.7 Å². The molecule has 37 heavy (non-hydrogen) atoms. The lowest BCUT2D eigenvalue weighted by atomic mass is 10.1. The summed E-state index contributed by atoms with van der Waals surface area (Å²) in [5.41, 5.74) is 1.99. The van der Waals surface area contributed by atoms with Crippen molar-refractivity contribution in [2.45, 2.75) is 59.4 Å². The normalized spacial score (nSPS) is 13.8. The molecule has 1 aromatic carbocycles. The minimum absolute atomic E-state index is 0.0875. The average Bonchev–Trinajstić information content (AvgIpc) is 3.41. The lowest BCUT2D eigenvalue weighted by molar-refractivity contribution is 0.0968. The third-order valence-corrected chi connectivity index (χ3v) is 5.94. The number of hydrogen-bond acceptors (Lipinski definition) is 6. The minimum atomic E-state index is -0.477. The Hall–Kier alpha value is -3.23. The molecule has 5 heterocycles. The molecule has 1 fully saturated rings. The number of fused-ring (bicyclic) bond motifs is 2. The van der Waals surface area contributed by atoms with Crippen molar-refractivity contribution >= 4 is 22.5 Å². The van der Waals surface area contributed by atoms with Crippen molar-refractivity contribution in [1.82, 2.24) is 24.7 Å². The third-order valence-electron chi connectivity index (χ3n) is 5.70. The quantitative estimate of drug-likeness (QED) is 0.294. The summed E-state index contributed by atoms with van der Waals surface area (Å²) in [5, 5.41) is 8.14. The number of halogens is 2. The van der Waals surface area contributed by atoms with E-state index in [0.29, 0.717) is 33.7 Å². The van der Waals surface area contributed by atoms with Gasteiger partial charge in [0.2, 0.25) is 0 Å². The molecule has 0 bridgehead atoms. The van der Waals surface area contributed by atoms with E-state index in [1.807, 2.05) is 32.9 Å². The maximum Gasteiger partial charge on any atom is 0.261 e. The topological polar surface area (TPSA) is 82.8 Å². The molecule has 2 aliphatic rings. The molecule has 9 heteroatoms. The Labute approximate surface area is 221 Å². The first-order chi connectivity index (χ1) is 18.0. The van der Waals surface area contributed by atoms with Crippen molar-refractivity contribution in [2.75, 3.05) is 13.2 Å². The van der Waals surface area contributed by atoms with Gasteiger partial charge in [0, 0.05) is 49.2 Å². The molecule has 0 atom stereocenters. The maximum atomic E-state index is 14.2. The summed E-state index contributed by atoms with van der Waals surface area (Å²) in [7, 11) is 0. The van der Waals surface area contributed by atoms with Crippen LogP contribution < -0.4 is 5.56 Å². The Morgan fingerprint density at radius 3 is 2.38 bits per heavy atom. The summed E-state index contributed by atoms with van der Waals surface area (Å²) in [6, 6.07) is 9.80. The van der Waals surface area contributed by atoms with Crippen LogP contribution in [0.1, 0.15) is 51.0 Å². The van der Waals surface area contributed by atoms with Crippen molar-refractivity contribution in [1.29, 1.82) is 0 Å². The Kier molecular flexibility index (Phi) is 11.1. The first kappa shape index (κ1) is 28.3. The lowest BCUT2D eigenvalue weighted by Crippen LogP contribution is -2.21. The number of nitrogens with zero attached hydrogens (tertiary/aromatic N) is 5. The zero-order chi connectivity index (χ0) is 26.6. The van der Waals surface area contributed by atoms with Crippen molar-refractivity contribution in [2.24, 2.45) is 0 Å². The van der Waals surface area contributed by atoms with Crippen LogP contribution in [-0.4, -0.2) is 37.9 Å². The van der Waals surface area contributed by atoms with Crippen LogP contribution in [0.4, 0.5) is 4.39 Å². The highest BCUT2D eigenvalue weighted by Crippen LogP contribution is 2.28. The molecule has 4 aromatic rings. The molecular formula is C28H33ClFN5O2. The van der Waals surface area contributed by atoms with Crippen LogP contribution in [0.2, 0.25) is 5.02 Å². The standard InChI is InChI=1S/C16H11ClFN3O.C5H6N2.C5H10O.C2H6/c17-9-3-4-10(12(18)8-9)14-15-11(5-6-19-14)16(22)21-7-1-2-13(21)20-15;1-5-3-2-4-6-7-5;1-2-4-6-5-3-1;1-2/h3-6,8H,1-2,7H2;2-4H,1H3;1-5H2;1-2H3. The Morgan fingerprint density at radius 2 is 1.81 bits per heavy atom. The maximum absolute atomic E-state index is 14.2. The third kappa shape index (κ3) is 7.63. The zero-order valence-corrected chi connectivity index (χ0v) is 22.3. The number of aromatic nitrogens is 5. The van der Waals surface area contributed by atoms with E-state index in [0.717, 1.165) is 37.6 Å². The van der Waals surface area contributed by atoms with Crippen molar-refractivity contribution < 1.29 is 9.13 Å². The molecule has 0 N–H and O–H groups in total. The van der Waals surface area contributed by atoms with Crippen molar-refractivity contribution in [3.8, 4) is 11.3 Å². The number of ether oxygens (including phenoxy) is 1. The van der Waals surface area contributed by atoms with Gasteiger partial charge in [-0.2, -0.15) is 10.2 Å². The first-order valence-electron chi connectivity index (χ1n) is 12.7. The molecule has 2 aliphatic heterocycles. The van der Waals surface area contributed by atoms with Crippen LogP contribution >= 0.6 is 11.6 Å². The van der Waals surface area contributed by atoms with Crippen LogP contribution in [-0.2, 0) is 17.7 Å². The summed E-state index contributed by atoms with van der Waals surface area (Å²) in [5.74, 6) is 0.260. The molecule has 196 valence electrons. The van der Waals surface area contributed by atoms with Gasteiger partial charge < -0.3 is 4.74 Å². The molecule has 1 saturated heterocycles. The minimum Gasteiger partial charge on any atom is -0.381 e. The Morgan fingerprint density at radius 1 is 1.03 bits per heavy atom. The van der Waals surface area contributed by atoms with Gasteiger partial charge in [-0.05, 0) is 69.0 Å². The predicted molar refractivity (Wildman–Crippen MR) is 145 cm³/mol. The summed E-state index contributed by atoms with van der Waals surface area (Å²) < 4.78 is 21.0. The summed E-state index contributed by atoms with van der Waals surface area (Å²) >= 11 is 5.80. The van der Waals surface area contributed by atoms with Gasteiger partial charge >= 0.3 is 0 Å². The van der Waals surface area contributed by atoms with Gasteiger partial charge in [-0.1, -0.05) is 25.4 Å². The van der Waals surface area contributed by atoms with E-state index < -0.39 is 5.82 Å². The molecule has 0 saturated carbocycles. The molecule has 3 aromatic heterocycles. The van der Waals surface area contributed by atoms with Crippen molar-refractivity contribution in [3.63, 3.8) is 0 Å². The van der Waals surface area contributed by atoms with Gasteiger partial charge in [0.15, 0.2) is 0 Å². The molecule has 0 spiro atoms. The molecular weight excluding hydrogens is 493 g/mol. The second-order valence-corrected chi connectivity index (χ2v) is 8.74. The van der Waals surface area contributed by atoms with E-state index in [1.165, 1.54) is 31.5 Å². The van der Waals surface area contributed by atoms with Gasteiger partial charge in [0.05, 0.1) is 16.8 Å². The molecule has 7 nitrogen and oxygen atoms in total. The number of pyridine rings is 1. The zero-order valence-electron chi connectivity index (χ0n) is 21.6. The molecule has 6 rings (SSSR count). The van der Waals surface area contributed by atoms with E-state index >= 15 is 0 Å². The SMILES string of the molecule is C1CCOCC1.CC.Cc1cccnn1.O=c1c2ccnc(-c3ccc(Cl)cc3F)c2nc2n1CCC2. The summed E-state index contributed by atoms with van der Waals surface area (Å²) in [6.45, 7) is 8.59. The second kappa shape index (κ2) is 14.5. The van der Waals surface area contributed by atoms with E-state index in [4.69, 9.17) is 16.3 Å². The van der Waals surface area contributed by atoms with Crippen LogP contribution in [0.15, 0.2) is 53.6 Å². The fourth-order valence-corrected chi connectivity index (χ4v) is 4.11. The number of hydrogen-bond donors (Lipinski definition) is 0. The monoisotopic (exact) mass is 525 g/mol. The summed E-state index contributed by atoms with van der Waals surface area (Å²) in [4.78, 5) is 21.3. The highest BCUT2D eigenvalue weighted by molar-refractivity contribution is 6.30. The van der Waals surface area contributed by atoms with Crippen LogP contribution in [0.25, 0.3) is 22.2 Å². The number of aryl methyl sites for hydroxylation is 2. The highest BCUT2D eigenvalue weighted by Gasteiger charge is 2.19. The Balaban J connectivity index is 0.000000207. The average molecular weight is 526 g/mol. The molecule has 0 amide bonds. The summed E-state index contributed by atoms with van der Waals surface area (Å²) in [6.07, 6.45) is 8.75. The fourth-order valence-electron chi connectivity index (χ4n) is 3.95. The predicted octanol–water partition coefficient (Wildman–Crippen LogP) is 6.20. The Bertz CT molecular complexity index is 1330. The largest absolute Gasteiger partial charge is 0.381 e. The van der Waals surface area contributed by atoms with Gasteiger partial charge in [0.1, 0.15) is 17.2 Å². The van der Waals surface area contributed by atoms with E-state index in [2.05, 4.69) is 20.2 Å². The van der Waals surface area contributed by atoms with E-state index in [-0.39, 0.29) is 5.56 Å². The van der Waals surface area contributed by atoms with Crippen LogP contribution in [0.3, 0.4) is 0 Å². The molecule has 0 radical (unpaired) electrons. The fraction of sp³-hybridized carbons (Fsp3) is 0.393. The first-order valence-corrected chi connectivity index (χ1v) is 13.1. The molecule has 0 aliphatic carbocycles. The van der Waals surface area contributed by atoms with Crippen LogP contribution in [0.5, 0.6) is 0 Å². The number of rotatable bonds is 1. The lowest BCUT2D eigenvalue weighted by Gasteiger charge is -2.09.